The van der Waals surface area contributed by atoms with E-state index >= 15 is 0 Å². The molecule has 1 aromatic heterocycles. The quantitative estimate of drug-likeness (QED) is 0.356. The Hall–Kier alpha value is -1.63. The molecular weight excluding hydrogens is 450 g/mol. The summed E-state index contributed by atoms with van der Waals surface area (Å²) in [6.45, 7) is 0. The van der Waals surface area contributed by atoms with Crippen molar-refractivity contribution in [3.63, 3.8) is 0 Å². The lowest BCUT2D eigenvalue weighted by Gasteiger charge is -2.11. The zero-order valence-corrected chi connectivity index (χ0v) is 17.2. The van der Waals surface area contributed by atoms with E-state index in [2.05, 4.69) is 9.71 Å². The number of sulfonamides is 1. The van der Waals surface area contributed by atoms with E-state index in [1.807, 2.05) is 0 Å². The number of nitrogens with one attached hydrogen (secondary N) is 2. The fourth-order valence-corrected chi connectivity index (χ4v) is 4.98. The normalized spacial score (nSPS) is 12.0. The molecule has 0 aliphatic heterocycles. The summed E-state index contributed by atoms with van der Waals surface area (Å²) >= 11 is 24.6. The van der Waals surface area contributed by atoms with Crippen LogP contribution >= 0.6 is 46.4 Å². The molecule has 0 spiro atoms. The van der Waals surface area contributed by atoms with Crippen molar-refractivity contribution >= 4 is 83.8 Å². The molecule has 3 aromatic carbocycles. The number of H-pyrrole nitrogens is 1. The van der Waals surface area contributed by atoms with Gasteiger partial charge in [-0.1, -0.05) is 52.5 Å². The number of rotatable bonds is 3. The summed E-state index contributed by atoms with van der Waals surface area (Å²) in [5.41, 5.74) is 0.830. The second-order valence-corrected chi connectivity index (χ2v) is 9.13. The third kappa shape index (κ3) is 3.24. The molecule has 0 radical (unpaired) electrons. The van der Waals surface area contributed by atoms with E-state index in [1.165, 1.54) is 12.1 Å². The van der Waals surface area contributed by atoms with Crippen LogP contribution in [-0.4, -0.2) is 13.4 Å². The van der Waals surface area contributed by atoms with E-state index in [0.29, 0.717) is 47.5 Å². The second-order valence-electron chi connectivity index (χ2n) is 5.82. The number of benzene rings is 3. The molecule has 1 heterocycles. The van der Waals surface area contributed by atoms with Gasteiger partial charge in [-0.25, -0.2) is 8.42 Å². The third-order valence-electron chi connectivity index (χ3n) is 4.17. The minimum Gasteiger partial charge on any atom is -0.358 e. The smallest absolute Gasteiger partial charge is 0.261 e. The lowest BCUT2D eigenvalue weighted by atomic mass is 10.1. The Morgan fingerprint density at radius 2 is 1.44 bits per heavy atom. The molecule has 0 aliphatic carbocycles. The molecule has 27 heavy (non-hydrogen) atoms. The highest BCUT2D eigenvalue weighted by Crippen LogP contribution is 2.36. The van der Waals surface area contributed by atoms with Crippen LogP contribution in [-0.2, 0) is 10.0 Å². The van der Waals surface area contributed by atoms with Crippen molar-refractivity contribution in [3.8, 4) is 0 Å². The molecule has 4 rings (SSSR count). The molecule has 0 unspecified atom stereocenters. The number of fused-ring (bicyclic) bond motifs is 2. The Labute approximate surface area is 175 Å². The highest BCUT2D eigenvalue weighted by Gasteiger charge is 2.19. The predicted octanol–water partition coefficient (Wildman–Crippen LogP) is 6.74. The van der Waals surface area contributed by atoms with E-state index in [0.717, 1.165) is 0 Å². The molecule has 0 amide bonds. The van der Waals surface area contributed by atoms with E-state index in [-0.39, 0.29) is 4.90 Å². The molecule has 138 valence electrons. The van der Waals surface area contributed by atoms with Crippen LogP contribution in [0.3, 0.4) is 0 Å². The number of aromatic nitrogens is 1. The summed E-state index contributed by atoms with van der Waals surface area (Å²) in [4.78, 5) is 2.99. The Bertz CT molecular complexity index is 1320. The van der Waals surface area contributed by atoms with Gasteiger partial charge in [0.05, 0.1) is 26.1 Å². The van der Waals surface area contributed by atoms with Crippen LogP contribution in [0.1, 0.15) is 0 Å². The topological polar surface area (TPSA) is 62.0 Å². The van der Waals surface area contributed by atoms with E-state index < -0.39 is 10.0 Å². The van der Waals surface area contributed by atoms with Gasteiger partial charge in [-0.15, -0.1) is 0 Å². The van der Waals surface area contributed by atoms with Crippen LogP contribution in [0.15, 0.2) is 53.6 Å². The number of halogens is 4. The van der Waals surface area contributed by atoms with Crippen LogP contribution in [0.4, 0.5) is 5.69 Å². The van der Waals surface area contributed by atoms with Crippen LogP contribution in [0, 0.1) is 0 Å². The van der Waals surface area contributed by atoms with Gasteiger partial charge in [0.1, 0.15) is 0 Å². The number of hydrogen-bond acceptors (Lipinski definition) is 2. The first-order valence-corrected chi connectivity index (χ1v) is 10.6. The first kappa shape index (κ1) is 18.7. The summed E-state index contributed by atoms with van der Waals surface area (Å²) in [7, 11) is -3.89. The van der Waals surface area contributed by atoms with Crippen molar-refractivity contribution in [2.45, 2.75) is 4.90 Å². The van der Waals surface area contributed by atoms with Crippen molar-refractivity contribution in [2.75, 3.05) is 4.72 Å². The zero-order chi connectivity index (χ0) is 19.3. The van der Waals surface area contributed by atoms with Crippen molar-refractivity contribution in [1.29, 1.82) is 0 Å². The van der Waals surface area contributed by atoms with Crippen molar-refractivity contribution in [1.82, 2.24) is 4.98 Å². The first-order chi connectivity index (χ1) is 12.8. The van der Waals surface area contributed by atoms with Crippen LogP contribution in [0.25, 0.3) is 21.7 Å². The third-order valence-corrected chi connectivity index (χ3v) is 6.81. The van der Waals surface area contributed by atoms with Gasteiger partial charge in [0.15, 0.2) is 0 Å². The monoisotopic (exact) mass is 458 g/mol. The molecule has 9 heteroatoms. The number of aromatic amines is 1. The predicted molar refractivity (Wildman–Crippen MR) is 113 cm³/mol. The highest BCUT2D eigenvalue weighted by atomic mass is 35.5. The molecule has 0 aliphatic rings. The van der Waals surface area contributed by atoms with Gasteiger partial charge in [0.2, 0.25) is 0 Å². The van der Waals surface area contributed by atoms with Gasteiger partial charge < -0.3 is 4.98 Å². The lowest BCUT2D eigenvalue weighted by Crippen LogP contribution is -2.13. The van der Waals surface area contributed by atoms with Crippen molar-refractivity contribution in [2.24, 2.45) is 0 Å². The summed E-state index contributed by atoms with van der Waals surface area (Å²) in [5, 5.41) is 3.51. The molecule has 0 fully saturated rings. The van der Waals surface area contributed by atoms with Gasteiger partial charge in [0, 0.05) is 32.4 Å². The molecule has 0 saturated carbocycles. The zero-order valence-electron chi connectivity index (χ0n) is 13.4. The largest absolute Gasteiger partial charge is 0.358 e. The summed E-state index contributed by atoms with van der Waals surface area (Å²) < 4.78 is 28.4. The summed E-state index contributed by atoms with van der Waals surface area (Å²) in [5.74, 6) is 0. The highest BCUT2D eigenvalue weighted by molar-refractivity contribution is 7.92. The Kier molecular flexibility index (Phi) is 4.69. The van der Waals surface area contributed by atoms with Gasteiger partial charge in [-0.3, -0.25) is 4.72 Å². The molecule has 0 atom stereocenters. The van der Waals surface area contributed by atoms with Gasteiger partial charge >= 0.3 is 0 Å². The fourth-order valence-electron chi connectivity index (χ4n) is 2.88. The maximum Gasteiger partial charge on any atom is 0.261 e. The second kappa shape index (κ2) is 6.76. The maximum absolute atomic E-state index is 12.9. The Morgan fingerprint density at radius 3 is 2.19 bits per heavy atom. The minimum atomic E-state index is -3.89. The van der Waals surface area contributed by atoms with Crippen LogP contribution in [0.2, 0.25) is 20.1 Å². The van der Waals surface area contributed by atoms with Gasteiger partial charge in [-0.2, -0.15) is 0 Å². The molecule has 0 bridgehead atoms. The van der Waals surface area contributed by atoms with Gasteiger partial charge in [-0.05, 0) is 36.4 Å². The van der Waals surface area contributed by atoms with E-state index in [1.54, 1.807) is 36.5 Å². The summed E-state index contributed by atoms with van der Waals surface area (Å²) in [6, 6.07) is 11.0. The Morgan fingerprint density at radius 1 is 0.778 bits per heavy atom. The molecular formula is C18H10Cl4N2O2S. The summed E-state index contributed by atoms with van der Waals surface area (Å²) in [6.07, 6.45) is 1.55. The van der Waals surface area contributed by atoms with Crippen LogP contribution in [0.5, 0.6) is 0 Å². The lowest BCUT2D eigenvalue weighted by molar-refractivity contribution is 0.601. The van der Waals surface area contributed by atoms with Crippen molar-refractivity contribution in [3.05, 3.63) is 68.8 Å². The number of hydrogen-bond donors (Lipinski definition) is 2. The first-order valence-electron chi connectivity index (χ1n) is 7.63. The fraction of sp³-hybridized carbons (Fsp3) is 0. The van der Waals surface area contributed by atoms with E-state index in [9.17, 15) is 8.42 Å². The van der Waals surface area contributed by atoms with E-state index in [4.69, 9.17) is 46.4 Å². The number of anilines is 1. The molecule has 4 aromatic rings. The standard InChI is InChI=1S/C18H10Cl4N2O2S/c19-12-3-4-13(20)11-7-9(1-2-10(11)12)27(25,26)24-16-6-5-14(21)17-15(22)8-23-18(16)17/h1-8,23-24H. The van der Waals surface area contributed by atoms with Crippen molar-refractivity contribution < 1.29 is 8.42 Å². The average Bonchev–Trinajstić information content (AvgIpc) is 3.03. The van der Waals surface area contributed by atoms with Gasteiger partial charge in [0.25, 0.3) is 10.0 Å². The molecule has 4 nitrogen and oxygen atoms in total. The molecule has 2 N–H and O–H groups in total. The molecule has 0 saturated heterocycles. The average molecular weight is 460 g/mol. The Balaban J connectivity index is 1.82. The SMILES string of the molecule is O=S(=O)(Nc1ccc(Cl)c2c(Cl)c[nH]c12)c1ccc2c(Cl)ccc(Cl)c2c1. The maximum atomic E-state index is 12.9. The minimum absolute atomic E-state index is 0.0555. The van der Waals surface area contributed by atoms with Crippen LogP contribution < -0.4 is 4.72 Å².